The van der Waals surface area contributed by atoms with Gasteiger partial charge in [0.2, 0.25) is 0 Å². The summed E-state index contributed by atoms with van der Waals surface area (Å²) in [6.07, 6.45) is 0. The number of thiophene rings is 1. The Balaban J connectivity index is 2.41. The molecule has 0 fully saturated rings. The minimum atomic E-state index is 0.103. The van der Waals surface area contributed by atoms with Crippen molar-refractivity contribution >= 4 is 22.9 Å². The Morgan fingerprint density at radius 3 is 2.72 bits per heavy atom. The molecule has 0 saturated carbocycles. The molecule has 0 saturated heterocycles. The first-order valence-electron chi connectivity index (χ1n) is 5.72. The van der Waals surface area contributed by atoms with E-state index in [1.165, 1.54) is 0 Å². The molecule has 1 heterocycles. The second-order valence-corrected chi connectivity index (χ2v) is 5.38. The Bertz CT molecular complexity index is 538. The highest BCUT2D eigenvalue weighted by Crippen LogP contribution is 2.36. The molecule has 1 aromatic carbocycles. The zero-order valence-electron chi connectivity index (χ0n) is 10.7. The third kappa shape index (κ3) is 2.53. The van der Waals surface area contributed by atoms with Crippen molar-refractivity contribution in [2.45, 2.75) is 13.0 Å². The van der Waals surface area contributed by atoms with Gasteiger partial charge < -0.3 is 10.1 Å². The summed E-state index contributed by atoms with van der Waals surface area (Å²) in [5, 5.41) is 6.25. The molecule has 0 bridgehead atoms. The number of aryl methyl sites for hydroxylation is 1. The summed E-state index contributed by atoms with van der Waals surface area (Å²) in [5.41, 5.74) is 2.28. The summed E-state index contributed by atoms with van der Waals surface area (Å²) < 4.78 is 5.26. The van der Waals surface area contributed by atoms with Crippen LogP contribution in [-0.2, 0) is 0 Å². The summed E-state index contributed by atoms with van der Waals surface area (Å²) >= 11 is 8.03. The molecule has 0 aliphatic rings. The number of rotatable bonds is 4. The van der Waals surface area contributed by atoms with Crippen molar-refractivity contribution in [3.05, 3.63) is 50.7 Å². The summed E-state index contributed by atoms with van der Waals surface area (Å²) in [6, 6.07) is 8.15. The van der Waals surface area contributed by atoms with Crippen LogP contribution in [0.2, 0.25) is 5.02 Å². The van der Waals surface area contributed by atoms with Gasteiger partial charge in [-0.15, -0.1) is 11.3 Å². The Morgan fingerprint density at radius 2 is 2.17 bits per heavy atom. The topological polar surface area (TPSA) is 21.3 Å². The lowest BCUT2D eigenvalue weighted by Crippen LogP contribution is -2.16. The molecule has 2 rings (SSSR count). The smallest absolute Gasteiger partial charge is 0.119 e. The molecule has 0 radical (unpaired) electrons. The average molecular weight is 282 g/mol. The first kappa shape index (κ1) is 13.4. The van der Waals surface area contributed by atoms with E-state index in [0.29, 0.717) is 0 Å². The molecule has 1 unspecified atom stereocenters. The van der Waals surface area contributed by atoms with Crippen LogP contribution in [0.15, 0.2) is 29.6 Å². The van der Waals surface area contributed by atoms with Gasteiger partial charge >= 0.3 is 0 Å². The van der Waals surface area contributed by atoms with Crippen LogP contribution in [0.1, 0.15) is 22.0 Å². The number of methoxy groups -OCH3 is 1. The monoisotopic (exact) mass is 281 g/mol. The van der Waals surface area contributed by atoms with Gasteiger partial charge in [0.15, 0.2) is 0 Å². The van der Waals surface area contributed by atoms with Crippen LogP contribution < -0.4 is 10.1 Å². The fraction of sp³-hybridized carbons (Fsp3) is 0.286. The number of nitrogens with one attached hydrogen (secondary N) is 1. The highest BCUT2D eigenvalue weighted by atomic mass is 35.5. The molecule has 2 aromatic rings. The lowest BCUT2D eigenvalue weighted by atomic mass is 10.0. The standard InChI is InChI=1S/C14H16ClNOS/c1-9-8-18-14(12(9)15)13(16-2)10-5-4-6-11(7-10)17-3/h4-8,13,16H,1-3H3. The second-order valence-electron chi connectivity index (χ2n) is 4.10. The maximum Gasteiger partial charge on any atom is 0.119 e. The first-order chi connectivity index (χ1) is 8.67. The third-order valence-electron chi connectivity index (χ3n) is 2.90. The maximum absolute atomic E-state index is 6.35. The van der Waals surface area contributed by atoms with Crippen molar-refractivity contribution in [2.75, 3.05) is 14.2 Å². The van der Waals surface area contributed by atoms with Gasteiger partial charge in [0.25, 0.3) is 0 Å². The minimum Gasteiger partial charge on any atom is -0.497 e. The van der Waals surface area contributed by atoms with E-state index in [2.05, 4.69) is 16.8 Å². The summed E-state index contributed by atoms with van der Waals surface area (Å²) in [5.74, 6) is 0.858. The van der Waals surface area contributed by atoms with Gasteiger partial charge in [-0.2, -0.15) is 0 Å². The molecule has 0 aliphatic heterocycles. The Hall–Kier alpha value is -1.03. The van der Waals surface area contributed by atoms with Crippen LogP contribution >= 0.6 is 22.9 Å². The van der Waals surface area contributed by atoms with Gasteiger partial charge in [0, 0.05) is 4.88 Å². The third-order valence-corrected chi connectivity index (χ3v) is 4.68. The molecular weight excluding hydrogens is 266 g/mol. The van der Waals surface area contributed by atoms with E-state index >= 15 is 0 Å². The van der Waals surface area contributed by atoms with Crippen molar-refractivity contribution in [3.63, 3.8) is 0 Å². The Kier molecular flexibility index (Phi) is 4.27. The van der Waals surface area contributed by atoms with E-state index in [0.717, 1.165) is 26.8 Å². The van der Waals surface area contributed by atoms with Crippen LogP contribution in [0.5, 0.6) is 5.75 Å². The Labute approximate surface area is 117 Å². The molecule has 18 heavy (non-hydrogen) atoms. The van der Waals surface area contributed by atoms with Gasteiger partial charge in [-0.1, -0.05) is 23.7 Å². The van der Waals surface area contributed by atoms with Crippen molar-refractivity contribution in [2.24, 2.45) is 0 Å². The molecule has 0 amide bonds. The summed E-state index contributed by atoms with van der Waals surface area (Å²) in [7, 11) is 3.62. The van der Waals surface area contributed by atoms with Gasteiger partial charge in [0.05, 0.1) is 18.2 Å². The Morgan fingerprint density at radius 1 is 1.39 bits per heavy atom. The quantitative estimate of drug-likeness (QED) is 0.914. The number of hydrogen-bond acceptors (Lipinski definition) is 3. The SMILES string of the molecule is CNC(c1cccc(OC)c1)c1scc(C)c1Cl. The lowest BCUT2D eigenvalue weighted by Gasteiger charge is -2.16. The largest absolute Gasteiger partial charge is 0.497 e. The van der Waals surface area contributed by atoms with E-state index in [1.807, 2.05) is 32.2 Å². The number of halogens is 1. The van der Waals surface area contributed by atoms with Crippen LogP contribution in [0, 0.1) is 6.92 Å². The van der Waals surface area contributed by atoms with Crippen LogP contribution in [0.3, 0.4) is 0 Å². The molecule has 96 valence electrons. The van der Waals surface area contributed by atoms with E-state index in [4.69, 9.17) is 16.3 Å². The predicted octanol–water partition coefficient (Wildman–Crippen LogP) is 4.03. The van der Waals surface area contributed by atoms with E-state index in [-0.39, 0.29) is 6.04 Å². The highest BCUT2D eigenvalue weighted by Gasteiger charge is 2.18. The van der Waals surface area contributed by atoms with Gasteiger partial charge in [0.1, 0.15) is 5.75 Å². The second kappa shape index (κ2) is 5.74. The first-order valence-corrected chi connectivity index (χ1v) is 6.97. The van der Waals surface area contributed by atoms with Crippen LogP contribution in [0.4, 0.5) is 0 Å². The molecule has 1 N–H and O–H groups in total. The molecule has 0 aliphatic carbocycles. The molecular formula is C14H16ClNOS. The molecule has 2 nitrogen and oxygen atoms in total. The highest BCUT2D eigenvalue weighted by molar-refractivity contribution is 7.10. The van der Waals surface area contributed by atoms with Crippen molar-refractivity contribution in [3.8, 4) is 5.75 Å². The maximum atomic E-state index is 6.35. The zero-order valence-corrected chi connectivity index (χ0v) is 12.2. The fourth-order valence-corrected chi connectivity index (χ4v) is 3.35. The number of ether oxygens (including phenoxy) is 1. The average Bonchev–Trinajstić information content (AvgIpc) is 2.72. The molecule has 1 atom stereocenters. The van der Waals surface area contributed by atoms with Crippen LogP contribution in [-0.4, -0.2) is 14.2 Å². The zero-order chi connectivity index (χ0) is 13.1. The molecule has 1 aromatic heterocycles. The van der Waals surface area contributed by atoms with E-state index < -0.39 is 0 Å². The minimum absolute atomic E-state index is 0.103. The summed E-state index contributed by atoms with van der Waals surface area (Å²) in [4.78, 5) is 1.14. The molecule has 0 spiro atoms. The van der Waals surface area contributed by atoms with Gasteiger partial charge in [-0.3, -0.25) is 0 Å². The fourth-order valence-electron chi connectivity index (χ4n) is 1.91. The van der Waals surface area contributed by atoms with E-state index in [1.54, 1.807) is 18.4 Å². The normalized spacial score (nSPS) is 12.4. The van der Waals surface area contributed by atoms with Crippen molar-refractivity contribution in [1.82, 2.24) is 5.32 Å². The lowest BCUT2D eigenvalue weighted by molar-refractivity contribution is 0.414. The number of benzene rings is 1. The predicted molar refractivity (Wildman–Crippen MR) is 78.0 cm³/mol. The van der Waals surface area contributed by atoms with Crippen molar-refractivity contribution in [1.29, 1.82) is 0 Å². The summed E-state index contributed by atoms with van der Waals surface area (Å²) in [6.45, 7) is 2.03. The van der Waals surface area contributed by atoms with Crippen LogP contribution in [0.25, 0.3) is 0 Å². The molecule has 4 heteroatoms. The van der Waals surface area contributed by atoms with E-state index in [9.17, 15) is 0 Å². The van der Waals surface area contributed by atoms with Gasteiger partial charge in [-0.05, 0) is 42.6 Å². The van der Waals surface area contributed by atoms with Crippen molar-refractivity contribution < 1.29 is 4.74 Å². The van der Waals surface area contributed by atoms with Gasteiger partial charge in [-0.25, -0.2) is 0 Å². The number of hydrogen-bond donors (Lipinski definition) is 1.